The molecule has 0 saturated heterocycles. The zero-order valence-electron chi connectivity index (χ0n) is 58.8. The number of ether oxygens (including phenoxy) is 2. The molecule has 6 heteroatoms. The molecule has 6 nitrogen and oxygen atoms in total. The summed E-state index contributed by atoms with van der Waals surface area (Å²) in [6, 6.07) is 146. The Morgan fingerprint density at radius 2 is 0.519 bits per heavy atom. The molecule has 0 fully saturated rings. The third kappa shape index (κ3) is 12.4. The first-order valence-corrected chi connectivity index (χ1v) is 36.5. The number of nitrogens with zero attached hydrogens (tertiary/aromatic N) is 2. The Morgan fingerprint density at radius 3 is 0.963 bits per heavy atom. The number of para-hydroxylation sites is 4. The molecular weight excluding hydrogens is 1320 g/mol. The number of furan rings is 2. The predicted octanol–water partition coefficient (Wildman–Crippen LogP) is 29.3. The lowest BCUT2D eigenvalue weighted by Gasteiger charge is -2.33. The van der Waals surface area contributed by atoms with E-state index in [1.807, 2.05) is 24.3 Å². The van der Waals surface area contributed by atoms with Crippen LogP contribution in [0.3, 0.4) is 0 Å². The van der Waals surface area contributed by atoms with Crippen molar-refractivity contribution in [2.45, 2.75) is 0 Å². The second-order valence-corrected chi connectivity index (χ2v) is 27.0. The molecule has 108 heavy (non-hydrogen) atoms. The van der Waals surface area contributed by atoms with Crippen molar-refractivity contribution in [2.75, 3.05) is 9.80 Å². The van der Waals surface area contributed by atoms with Gasteiger partial charge in [-0.3, -0.25) is 0 Å². The third-order valence-corrected chi connectivity index (χ3v) is 20.3. The van der Waals surface area contributed by atoms with E-state index in [4.69, 9.17) is 18.3 Å². The summed E-state index contributed by atoms with van der Waals surface area (Å²) in [5.41, 5.74) is 25.2. The van der Waals surface area contributed by atoms with Crippen LogP contribution in [0.25, 0.3) is 133 Å². The maximum Gasteiger partial charge on any atom is 0.135 e. The van der Waals surface area contributed by atoms with E-state index in [1.165, 1.54) is 0 Å². The number of fused-ring (bicyclic) bond motifs is 6. The lowest BCUT2D eigenvalue weighted by molar-refractivity contribution is 0.485. The molecule has 0 saturated carbocycles. The maximum atomic E-state index is 7.63. The quantitative estimate of drug-likeness (QED) is 0.0853. The van der Waals surface area contributed by atoms with E-state index in [9.17, 15) is 0 Å². The van der Waals surface area contributed by atoms with Gasteiger partial charge in [0, 0.05) is 73.0 Å². The van der Waals surface area contributed by atoms with Crippen LogP contribution >= 0.6 is 0 Å². The summed E-state index contributed by atoms with van der Waals surface area (Å²) in [6.45, 7) is 0. The van der Waals surface area contributed by atoms with Crippen molar-refractivity contribution in [1.29, 1.82) is 0 Å². The Labute approximate surface area is 626 Å². The van der Waals surface area contributed by atoms with E-state index < -0.39 is 0 Å². The summed E-state index contributed by atoms with van der Waals surface area (Å²) < 4.78 is 28.1. The highest BCUT2D eigenvalue weighted by atomic mass is 16.5. The van der Waals surface area contributed by atoms with Gasteiger partial charge in [0.1, 0.15) is 45.3 Å². The average Bonchev–Trinajstić information content (AvgIpc) is 0.874. The Hall–Kier alpha value is -14.5. The van der Waals surface area contributed by atoms with E-state index in [0.29, 0.717) is 17.2 Å². The maximum absolute atomic E-state index is 7.63. The summed E-state index contributed by atoms with van der Waals surface area (Å²) in [5, 5.41) is 4.15. The van der Waals surface area contributed by atoms with Gasteiger partial charge in [0.05, 0.1) is 17.1 Å². The van der Waals surface area contributed by atoms with Gasteiger partial charge in [0.15, 0.2) is 0 Å². The Kier molecular flexibility index (Phi) is 16.9. The summed E-state index contributed by atoms with van der Waals surface area (Å²) in [7, 11) is 0. The first-order valence-electron chi connectivity index (χ1n) is 36.5. The van der Waals surface area contributed by atoms with E-state index in [-0.39, 0.29) is 0 Å². The van der Waals surface area contributed by atoms with E-state index in [0.717, 1.165) is 173 Å². The van der Waals surface area contributed by atoms with Crippen molar-refractivity contribution >= 4 is 78.0 Å². The van der Waals surface area contributed by atoms with E-state index >= 15 is 0 Å². The third-order valence-electron chi connectivity index (χ3n) is 20.3. The minimum absolute atomic E-state index is 0.642. The van der Waals surface area contributed by atoms with E-state index in [1.54, 1.807) is 0 Å². The van der Waals surface area contributed by atoms with Crippen molar-refractivity contribution in [3.63, 3.8) is 0 Å². The van der Waals surface area contributed by atoms with Gasteiger partial charge in [-0.25, -0.2) is 0 Å². The minimum Gasteiger partial charge on any atom is -0.457 e. The van der Waals surface area contributed by atoms with Gasteiger partial charge < -0.3 is 28.1 Å². The molecule has 0 radical (unpaired) electrons. The molecule has 0 bridgehead atoms. The first-order chi connectivity index (χ1) is 53.5. The average molecular weight is 1390 g/mol. The topological polar surface area (TPSA) is 51.2 Å². The van der Waals surface area contributed by atoms with Crippen LogP contribution in [0.2, 0.25) is 0 Å². The number of hydrogen-bond donors (Lipinski definition) is 0. The molecule has 0 aliphatic rings. The Balaban J connectivity index is 0.854. The zero-order valence-corrected chi connectivity index (χ0v) is 58.8. The van der Waals surface area contributed by atoms with Crippen LogP contribution in [0.1, 0.15) is 0 Å². The molecule has 0 aliphatic heterocycles. The second-order valence-electron chi connectivity index (χ2n) is 27.0. The summed E-state index contributed by atoms with van der Waals surface area (Å²) in [5.74, 6) is 2.73. The molecule has 0 atom stereocenters. The summed E-state index contributed by atoms with van der Waals surface area (Å²) in [4.78, 5) is 4.79. The van der Waals surface area contributed by atoms with Crippen LogP contribution in [0.5, 0.6) is 23.0 Å². The van der Waals surface area contributed by atoms with Crippen LogP contribution < -0.4 is 19.3 Å². The Morgan fingerprint density at radius 1 is 0.185 bits per heavy atom. The first kappa shape index (κ1) is 64.4. The standard InChI is InChI=1S/C102H68N2O4/c1-8-30-69(31-9-1)86-48-28-54-98(100(86)73-38-16-5-17-39-73)105-84-62-77(75-56-58-96-92(64-75)90-46-22-24-52-94(90)107-96)60-82(67-84)103(79-42-20-7-21-43-79)80-44-26-45-81(66-80)104(102-88(71-34-12-3-13-35-71)50-27-51-89(102)72-36-14-4-15-37-72)83-61-78(76-57-59-97-93(65-76)91-47-23-25-53-95(91)108-97)63-85(68-83)106-99-55-29-49-87(70-32-10-2-11-33-70)101(99)74-40-18-6-19-41-74/h1-68H. The van der Waals surface area contributed by atoms with Crippen molar-refractivity contribution in [3.05, 3.63) is 413 Å². The van der Waals surface area contributed by atoms with Crippen LogP contribution in [0, 0.1) is 0 Å². The zero-order chi connectivity index (χ0) is 71.7. The molecule has 0 spiro atoms. The van der Waals surface area contributed by atoms with Crippen LogP contribution in [0.4, 0.5) is 34.1 Å². The highest BCUT2D eigenvalue weighted by Crippen LogP contribution is 2.52. The van der Waals surface area contributed by atoms with Gasteiger partial charge >= 0.3 is 0 Å². The minimum atomic E-state index is 0.642. The van der Waals surface area contributed by atoms with E-state index in [2.05, 4.69) is 398 Å². The summed E-state index contributed by atoms with van der Waals surface area (Å²) in [6.07, 6.45) is 0. The van der Waals surface area contributed by atoms with Crippen molar-refractivity contribution in [1.82, 2.24) is 0 Å². The van der Waals surface area contributed by atoms with Gasteiger partial charge in [-0.1, -0.05) is 297 Å². The molecule has 0 aliphatic carbocycles. The SMILES string of the molecule is c1ccc(-c2cccc(Oc3cc(-c4ccc5oc6ccccc6c5c4)cc(N(c4ccccc4)c4cccc(N(c5cc(Oc6cccc(-c7ccccc7)c6-c6ccccc6)cc(-c6ccc7oc8ccccc8c7c6)c5)c5c(-c6ccccc6)cccc5-c5ccccc5)c4)c3)c2-c2ccccc2)cc1. The van der Waals surface area contributed by atoms with Crippen LogP contribution in [0.15, 0.2) is 421 Å². The highest BCUT2D eigenvalue weighted by Gasteiger charge is 2.27. The lowest BCUT2D eigenvalue weighted by Crippen LogP contribution is -2.15. The molecule has 2 heterocycles. The largest absolute Gasteiger partial charge is 0.457 e. The lowest BCUT2D eigenvalue weighted by atomic mass is 9.93. The molecule has 510 valence electrons. The number of benzene rings is 17. The molecule has 17 aromatic carbocycles. The molecule has 19 aromatic rings. The van der Waals surface area contributed by atoms with Gasteiger partial charge in [-0.2, -0.15) is 0 Å². The molecular formula is C102H68N2O4. The van der Waals surface area contributed by atoms with Gasteiger partial charge in [0.25, 0.3) is 0 Å². The fourth-order valence-electron chi connectivity index (χ4n) is 15.4. The number of hydrogen-bond acceptors (Lipinski definition) is 6. The van der Waals surface area contributed by atoms with Gasteiger partial charge in [-0.15, -0.1) is 0 Å². The van der Waals surface area contributed by atoms with Crippen LogP contribution in [-0.4, -0.2) is 0 Å². The fourth-order valence-corrected chi connectivity index (χ4v) is 15.4. The predicted molar refractivity (Wildman–Crippen MR) is 447 cm³/mol. The van der Waals surface area contributed by atoms with Gasteiger partial charge in [0.2, 0.25) is 0 Å². The Bertz CT molecular complexity index is 6420. The monoisotopic (exact) mass is 1380 g/mol. The molecule has 0 N–H and O–H groups in total. The van der Waals surface area contributed by atoms with Crippen molar-refractivity contribution < 1.29 is 18.3 Å². The van der Waals surface area contributed by atoms with Crippen LogP contribution in [-0.2, 0) is 0 Å². The smallest absolute Gasteiger partial charge is 0.135 e. The number of anilines is 6. The number of rotatable bonds is 18. The molecule has 2 aromatic heterocycles. The van der Waals surface area contributed by atoms with Crippen molar-refractivity contribution in [2.24, 2.45) is 0 Å². The van der Waals surface area contributed by atoms with Gasteiger partial charge in [-0.05, 0) is 170 Å². The highest BCUT2D eigenvalue weighted by molar-refractivity contribution is 6.08. The van der Waals surface area contributed by atoms with Crippen molar-refractivity contribution in [3.8, 4) is 112 Å². The normalized spacial score (nSPS) is 11.3. The second kappa shape index (κ2) is 28.3. The molecule has 0 unspecified atom stereocenters. The fraction of sp³-hybridized carbons (Fsp3) is 0. The molecule has 0 amide bonds. The molecule has 19 rings (SSSR count). The summed E-state index contributed by atoms with van der Waals surface area (Å²) >= 11 is 0.